The number of rotatable bonds is 7. The highest BCUT2D eigenvalue weighted by Crippen LogP contribution is 2.03. The Morgan fingerprint density at radius 2 is 1.92 bits per heavy atom. The predicted octanol–water partition coefficient (Wildman–Crippen LogP) is 0.850. The summed E-state index contributed by atoms with van der Waals surface area (Å²) in [5.74, 6) is 0. The molecule has 3 nitrogen and oxygen atoms in total. The second kappa shape index (κ2) is 7.30. The molecule has 0 saturated heterocycles. The molecule has 0 aromatic heterocycles. The summed E-state index contributed by atoms with van der Waals surface area (Å²) in [6.07, 6.45) is 1.35. The molecule has 1 atom stereocenters. The number of nitrogens with zero attached hydrogens (tertiary/aromatic N) is 1. The van der Waals surface area contributed by atoms with Crippen LogP contribution in [0.2, 0.25) is 0 Å². The Labute approximate surface area is 81.4 Å². The maximum absolute atomic E-state index is 9.47. The van der Waals surface area contributed by atoms with E-state index in [1.807, 2.05) is 6.92 Å². The van der Waals surface area contributed by atoms with Crippen LogP contribution in [-0.4, -0.2) is 47.0 Å². The van der Waals surface area contributed by atoms with E-state index in [1.165, 1.54) is 0 Å². The summed E-state index contributed by atoms with van der Waals surface area (Å²) >= 11 is 0. The van der Waals surface area contributed by atoms with E-state index in [9.17, 15) is 5.11 Å². The van der Waals surface area contributed by atoms with E-state index in [-0.39, 0.29) is 12.7 Å². The molecule has 0 bridgehead atoms. The van der Waals surface area contributed by atoms with Gasteiger partial charge in [0, 0.05) is 25.7 Å². The smallest absolute Gasteiger partial charge is 0.0664 e. The Balaban J connectivity index is 3.79. The lowest BCUT2D eigenvalue weighted by Gasteiger charge is -2.28. The second-order valence-electron chi connectivity index (χ2n) is 3.73. The minimum absolute atomic E-state index is 0.228. The van der Waals surface area contributed by atoms with Gasteiger partial charge in [-0.15, -0.1) is 0 Å². The number of aliphatic hydroxyl groups excluding tert-OH is 2. The summed E-state index contributed by atoms with van der Waals surface area (Å²) in [5, 5.41) is 18.2. The summed E-state index contributed by atoms with van der Waals surface area (Å²) in [4.78, 5) is 2.20. The first-order valence-corrected chi connectivity index (χ1v) is 5.14. The molecule has 0 aliphatic heterocycles. The maximum Gasteiger partial charge on any atom is 0.0664 e. The van der Waals surface area contributed by atoms with Gasteiger partial charge in [0.05, 0.1) is 6.10 Å². The molecule has 3 heteroatoms. The topological polar surface area (TPSA) is 43.7 Å². The molecule has 0 aliphatic rings. The van der Waals surface area contributed by atoms with Gasteiger partial charge in [-0.3, -0.25) is 4.90 Å². The summed E-state index contributed by atoms with van der Waals surface area (Å²) < 4.78 is 0. The SMILES string of the molecule is CCC(O)CN(CCCO)C(C)C. The van der Waals surface area contributed by atoms with E-state index < -0.39 is 0 Å². The van der Waals surface area contributed by atoms with Crippen LogP contribution in [0, 0.1) is 0 Å². The lowest BCUT2D eigenvalue weighted by Crippen LogP contribution is -2.38. The van der Waals surface area contributed by atoms with Crippen molar-refractivity contribution in [3.05, 3.63) is 0 Å². The highest BCUT2D eigenvalue weighted by Gasteiger charge is 2.12. The third-order valence-electron chi connectivity index (χ3n) is 2.25. The van der Waals surface area contributed by atoms with Crippen molar-refractivity contribution in [2.45, 2.75) is 45.8 Å². The standard InChI is InChI=1S/C10H23NO2/c1-4-10(13)8-11(9(2)3)6-5-7-12/h9-10,12-13H,4-8H2,1-3H3. The van der Waals surface area contributed by atoms with Crippen LogP contribution in [0.25, 0.3) is 0 Å². The zero-order chi connectivity index (χ0) is 10.3. The largest absolute Gasteiger partial charge is 0.396 e. The van der Waals surface area contributed by atoms with E-state index >= 15 is 0 Å². The molecule has 13 heavy (non-hydrogen) atoms. The third kappa shape index (κ3) is 6.02. The van der Waals surface area contributed by atoms with Crippen LogP contribution in [0.15, 0.2) is 0 Å². The van der Waals surface area contributed by atoms with Gasteiger partial charge in [0.25, 0.3) is 0 Å². The number of hydrogen-bond acceptors (Lipinski definition) is 3. The zero-order valence-electron chi connectivity index (χ0n) is 9.03. The molecule has 0 heterocycles. The Morgan fingerprint density at radius 1 is 1.31 bits per heavy atom. The molecule has 80 valence electrons. The fourth-order valence-electron chi connectivity index (χ4n) is 1.23. The highest BCUT2D eigenvalue weighted by atomic mass is 16.3. The van der Waals surface area contributed by atoms with Gasteiger partial charge < -0.3 is 10.2 Å². The number of aliphatic hydroxyl groups is 2. The molecule has 0 spiro atoms. The highest BCUT2D eigenvalue weighted by molar-refractivity contribution is 4.67. The summed E-state index contributed by atoms with van der Waals surface area (Å²) in [7, 11) is 0. The summed E-state index contributed by atoms with van der Waals surface area (Å²) in [6.45, 7) is 8.01. The van der Waals surface area contributed by atoms with Gasteiger partial charge in [-0.2, -0.15) is 0 Å². The molecule has 0 radical (unpaired) electrons. The molecule has 0 amide bonds. The molecule has 2 N–H and O–H groups in total. The maximum atomic E-state index is 9.47. The van der Waals surface area contributed by atoms with Gasteiger partial charge in [0.2, 0.25) is 0 Å². The monoisotopic (exact) mass is 189 g/mol. The lowest BCUT2D eigenvalue weighted by molar-refractivity contribution is 0.0878. The molecule has 0 aliphatic carbocycles. The Morgan fingerprint density at radius 3 is 2.31 bits per heavy atom. The van der Waals surface area contributed by atoms with Crippen molar-refractivity contribution in [3.8, 4) is 0 Å². The molecular weight excluding hydrogens is 166 g/mol. The molecule has 1 unspecified atom stereocenters. The predicted molar refractivity (Wildman–Crippen MR) is 54.7 cm³/mol. The van der Waals surface area contributed by atoms with Crippen molar-refractivity contribution in [3.63, 3.8) is 0 Å². The van der Waals surface area contributed by atoms with Gasteiger partial charge in [-0.05, 0) is 26.7 Å². The normalized spacial score (nSPS) is 14.1. The van der Waals surface area contributed by atoms with Crippen LogP contribution in [0.5, 0.6) is 0 Å². The Hall–Kier alpha value is -0.120. The van der Waals surface area contributed by atoms with Crippen LogP contribution >= 0.6 is 0 Å². The number of hydrogen-bond donors (Lipinski definition) is 2. The fourth-order valence-corrected chi connectivity index (χ4v) is 1.23. The van der Waals surface area contributed by atoms with E-state index in [0.29, 0.717) is 12.6 Å². The molecule has 0 rings (SSSR count). The first-order chi connectivity index (χ1) is 6.11. The fraction of sp³-hybridized carbons (Fsp3) is 1.00. The molecule has 0 saturated carbocycles. The van der Waals surface area contributed by atoms with Gasteiger partial charge in [-0.25, -0.2) is 0 Å². The van der Waals surface area contributed by atoms with Crippen molar-refractivity contribution < 1.29 is 10.2 Å². The van der Waals surface area contributed by atoms with Crippen LogP contribution in [0.4, 0.5) is 0 Å². The average molecular weight is 189 g/mol. The van der Waals surface area contributed by atoms with Crippen molar-refractivity contribution >= 4 is 0 Å². The van der Waals surface area contributed by atoms with Gasteiger partial charge in [0.1, 0.15) is 0 Å². The average Bonchev–Trinajstić information content (AvgIpc) is 2.11. The Kier molecular flexibility index (Phi) is 7.23. The van der Waals surface area contributed by atoms with Crippen molar-refractivity contribution in [1.29, 1.82) is 0 Å². The first-order valence-electron chi connectivity index (χ1n) is 5.14. The molecule has 0 aromatic carbocycles. The van der Waals surface area contributed by atoms with Crippen LogP contribution in [-0.2, 0) is 0 Å². The van der Waals surface area contributed by atoms with Gasteiger partial charge in [-0.1, -0.05) is 6.92 Å². The summed E-state index contributed by atoms with van der Waals surface area (Å²) in [5.41, 5.74) is 0. The minimum atomic E-state index is -0.235. The molecular formula is C10H23NO2. The van der Waals surface area contributed by atoms with E-state index in [2.05, 4.69) is 18.7 Å². The van der Waals surface area contributed by atoms with Gasteiger partial charge in [0.15, 0.2) is 0 Å². The van der Waals surface area contributed by atoms with Crippen molar-refractivity contribution in [2.75, 3.05) is 19.7 Å². The van der Waals surface area contributed by atoms with Crippen LogP contribution < -0.4 is 0 Å². The van der Waals surface area contributed by atoms with Crippen molar-refractivity contribution in [1.82, 2.24) is 4.90 Å². The molecule has 0 fully saturated rings. The van der Waals surface area contributed by atoms with Crippen LogP contribution in [0.1, 0.15) is 33.6 Å². The van der Waals surface area contributed by atoms with E-state index in [1.54, 1.807) is 0 Å². The van der Waals surface area contributed by atoms with Crippen LogP contribution in [0.3, 0.4) is 0 Å². The zero-order valence-corrected chi connectivity index (χ0v) is 9.03. The third-order valence-corrected chi connectivity index (χ3v) is 2.25. The van der Waals surface area contributed by atoms with E-state index in [0.717, 1.165) is 19.4 Å². The lowest BCUT2D eigenvalue weighted by atomic mass is 10.2. The summed E-state index contributed by atoms with van der Waals surface area (Å²) in [6, 6.07) is 0.438. The quantitative estimate of drug-likeness (QED) is 0.624. The molecule has 0 aromatic rings. The van der Waals surface area contributed by atoms with Gasteiger partial charge >= 0.3 is 0 Å². The van der Waals surface area contributed by atoms with Crippen molar-refractivity contribution in [2.24, 2.45) is 0 Å². The first kappa shape index (κ1) is 12.9. The Bertz CT molecular complexity index is 117. The second-order valence-corrected chi connectivity index (χ2v) is 3.73. The van der Waals surface area contributed by atoms with E-state index in [4.69, 9.17) is 5.11 Å². The minimum Gasteiger partial charge on any atom is -0.396 e.